The van der Waals surface area contributed by atoms with Crippen molar-refractivity contribution in [1.29, 1.82) is 0 Å². The summed E-state index contributed by atoms with van der Waals surface area (Å²) < 4.78 is 0. The highest BCUT2D eigenvalue weighted by Gasteiger charge is 2.27. The van der Waals surface area contributed by atoms with Gasteiger partial charge < -0.3 is 15.5 Å². The lowest BCUT2D eigenvalue weighted by Gasteiger charge is -2.31. The number of nitrogens with zero attached hydrogens (tertiary/aromatic N) is 1. The Balaban J connectivity index is 1.74. The van der Waals surface area contributed by atoms with Crippen LogP contribution in [0.5, 0.6) is 0 Å². The van der Waals surface area contributed by atoms with Crippen LogP contribution >= 0.6 is 0 Å². The van der Waals surface area contributed by atoms with Gasteiger partial charge >= 0.3 is 0 Å². The normalized spacial score (nSPS) is 14.4. The van der Waals surface area contributed by atoms with Crippen LogP contribution in [-0.2, 0) is 14.4 Å². The van der Waals surface area contributed by atoms with E-state index in [0.29, 0.717) is 43.6 Å². The molecule has 0 atom stereocenters. The summed E-state index contributed by atoms with van der Waals surface area (Å²) in [5.41, 5.74) is 1.28. The molecule has 1 aromatic carbocycles. The second-order valence-corrected chi connectivity index (χ2v) is 6.40. The van der Waals surface area contributed by atoms with E-state index < -0.39 is 0 Å². The summed E-state index contributed by atoms with van der Waals surface area (Å²) in [6.07, 6.45) is 7.98. The summed E-state index contributed by atoms with van der Waals surface area (Å²) in [6.45, 7) is 3.09. The van der Waals surface area contributed by atoms with Gasteiger partial charge in [-0.3, -0.25) is 14.4 Å². The molecule has 26 heavy (non-hydrogen) atoms. The highest BCUT2D eigenvalue weighted by Crippen LogP contribution is 2.18. The van der Waals surface area contributed by atoms with Gasteiger partial charge in [-0.05, 0) is 37.5 Å². The molecular formula is C20H25N3O3. The summed E-state index contributed by atoms with van der Waals surface area (Å²) in [4.78, 5) is 37.9. The maximum atomic E-state index is 12.2. The summed E-state index contributed by atoms with van der Waals surface area (Å²) in [5.74, 6) is 2.06. The molecule has 1 aliphatic heterocycles. The van der Waals surface area contributed by atoms with Crippen LogP contribution in [-0.4, -0.2) is 42.3 Å². The Hall–Kier alpha value is -2.81. The zero-order valence-electron chi connectivity index (χ0n) is 15.1. The Bertz CT molecular complexity index is 700. The summed E-state index contributed by atoms with van der Waals surface area (Å²) in [6, 6.07) is 6.97. The van der Waals surface area contributed by atoms with Crippen LogP contribution in [0.3, 0.4) is 0 Å². The third-order valence-corrected chi connectivity index (χ3v) is 4.42. The van der Waals surface area contributed by atoms with Crippen molar-refractivity contribution in [1.82, 2.24) is 10.2 Å². The van der Waals surface area contributed by atoms with Gasteiger partial charge in [0.05, 0.1) is 6.54 Å². The van der Waals surface area contributed by atoms with Gasteiger partial charge in [0.1, 0.15) is 0 Å². The predicted octanol–water partition coefficient (Wildman–Crippen LogP) is 1.76. The number of carbonyl (C=O) groups is 3. The molecule has 1 saturated heterocycles. The number of anilines is 1. The molecule has 138 valence electrons. The van der Waals surface area contributed by atoms with Crippen molar-refractivity contribution < 1.29 is 14.4 Å². The second kappa shape index (κ2) is 9.62. The molecule has 2 rings (SSSR count). The molecular weight excluding hydrogens is 330 g/mol. The van der Waals surface area contributed by atoms with Gasteiger partial charge in [0, 0.05) is 36.7 Å². The van der Waals surface area contributed by atoms with Crippen molar-refractivity contribution in [3.8, 4) is 12.3 Å². The van der Waals surface area contributed by atoms with E-state index >= 15 is 0 Å². The van der Waals surface area contributed by atoms with Gasteiger partial charge in [-0.2, -0.15) is 0 Å². The van der Waals surface area contributed by atoms with Crippen LogP contribution in [0.25, 0.3) is 0 Å². The standard InChI is InChI=1S/C20H25N3O3/c1-3-6-19(25)23-11-9-16(10-12-23)20(26)21-14-18(24)22-17-8-5-7-15(4-2)13-17/h2,5,7-8,13,16H,3,6,9-12,14H2,1H3,(H,21,26)(H,22,24). The highest BCUT2D eigenvalue weighted by atomic mass is 16.2. The van der Waals surface area contributed by atoms with Gasteiger partial charge in [0.15, 0.2) is 0 Å². The Morgan fingerprint density at radius 2 is 2.00 bits per heavy atom. The quantitative estimate of drug-likeness (QED) is 0.763. The fraction of sp³-hybridized carbons (Fsp3) is 0.450. The van der Waals surface area contributed by atoms with E-state index in [-0.39, 0.29) is 30.2 Å². The first-order valence-electron chi connectivity index (χ1n) is 8.95. The van der Waals surface area contributed by atoms with E-state index in [1.807, 2.05) is 11.8 Å². The molecule has 0 bridgehead atoms. The lowest BCUT2D eigenvalue weighted by molar-refractivity contribution is -0.135. The first kappa shape index (κ1) is 19.5. The molecule has 1 aliphatic rings. The molecule has 0 unspecified atom stereocenters. The van der Waals surface area contributed by atoms with E-state index in [1.54, 1.807) is 24.3 Å². The number of carbonyl (C=O) groups excluding carboxylic acids is 3. The SMILES string of the molecule is C#Cc1cccc(NC(=O)CNC(=O)C2CCN(C(=O)CCC)CC2)c1. The zero-order chi connectivity index (χ0) is 18.9. The van der Waals surface area contributed by atoms with E-state index in [1.165, 1.54) is 0 Å². The molecule has 3 amide bonds. The molecule has 6 heteroatoms. The number of likely N-dealkylation sites (tertiary alicyclic amines) is 1. The van der Waals surface area contributed by atoms with Crippen LogP contribution in [0.1, 0.15) is 38.2 Å². The molecule has 1 aromatic rings. The Labute approximate surface area is 154 Å². The van der Waals surface area contributed by atoms with Gasteiger partial charge in [0.25, 0.3) is 0 Å². The number of amides is 3. The van der Waals surface area contributed by atoms with Gasteiger partial charge in [-0.15, -0.1) is 6.42 Å². The fourth-order valence-corrected chi connectivity index (χ4v) is 2.97. The molecule has 0 aromatic heterocycles. The summed E-state index contributed by atoms with van der Waals surface area (Å²) in [5, 5.41) is 5.38. The molecule has 6 nitrogen and oxygen atoms in total. The topological polar surface area (TPSA) is 78.5 Å². The molecule has 0 spiro atoms. The molecule has 0 radical (unpaired) electrons. The van der Waals surface area contributed by atoms with E-state index in [9.17, 15) is 14.4 Å². The van der Waals surface area contributed by atoms with Crippen LogP contribution < -0.4 is 10.6 Å². The number of nitrogens with one attached hydrogen (secondary N) is 2. The zero-order valence-corrected chi connectivity index (χ0v) is 15.1. The van der Waals surface area contributed by atoms with Crippen molar-refractivity contribution in [2.45, 2.75) is 32.6 Å². The van der Waals surface area contributed by atoms with Crippen LogP contribution in [0.15, 0.2) is 24.3 Å². The maximum absolute atomic E-state index is 12.2. The first-order valence-corrected chi connectivity index (χ1v) is 8.95. The van der Waals surface area contributed by atoms with Gasteiger partial charge in [0.2, 0.25) is 17.7 Å². The van der Waals surface area contributed by atoms with Crippen molar-refractivity contribution in [3.63, 3.8) is 0 Å². The molecule has 1 fully saturated rings. The smallest absolute Gasteiger partial charge is 0.243 e. The second-order valence-electron chi connectivity index (χ2n) is 6.40. The van der Waals surface area contributed by atoms with E-state index in [4.69, 9.17) is 6.42 Å². The Morgan fingerprint density at radius 1 is 1.27 bits per heavy atom. The minimum absolute atomic E-state index is 0.0892. The number of terminal acetylenes is 1. The van der Waals surface area contributed by atoms with Gasteiger partial charge in [-0.25, -0.2) is 0 Å². The average molecular weight is 355 g/mol. The van der Waals surface area contributed by atoms with Crippen molar-refractivity contribution in [3.05, 3.63) is 29.8 Å². The van der Waals surface area contributed by atoms with Crippen molar-refractivity contribution in [2.75, 3.05) is 25.0 Å². The van der Waals surface area contributed by atoms with E-state index in [2.05, 4.69) is 16.6 Å². The van der Waals surface area contributed by atoms with Gasteiger partial charge in [-0.1, -0.05) is 18.9 Å². The highest BCUT2D eigenvalue weighted by molar-refractivity contribution is 5.95. The first-order chi connectivity index (χ1) is 12.5. The predicted molar refractivity (Wildman–Crippen MR) is 100 cm³/mol. The number of benzene rings is 1. The van der Waals surface area contributed by atoms with Crippen LogP contribution in [0.4, 0.5) is 5.69 Å². The molecule has 0 aliphatic carbocycles. The summed E-state index contributed by atoms with van der Waals surface area (Å²) >= 11 is 0. The number of rotatable bonds is 6. The molecule has 0 saturated carbocycles. The largest absolute Gasteiger partial charge is 0.347 e. The molecule has 2 N–H and O–H groups in total. The number of piperidine rings is 1. The fourth-order valence-electron chi connectivity index (χ4n) is 2.97. The third-order valence-electron chi connectivity index (χ3n) is 4.42. The Kier molecular flexibility index (Phi) is 7.22. The maximum Gasteiger partial charge on any atom is 0.243 e. The lowest BCUT2D eigenvalue weighted by Crippen LogP contribution is -2.44. The Morgan fingerprint density at radius 3 is 2.65 bits per heavy atom. The van der Waals surface area contributed by atoms with Crippen LogP contribution in [0, 0.1) is 18.3 Å². The lowest BCUT2D eigenvalue weighted by atomic mass is 9.95. The average Bonchev–Trinajstić information content (AvgIpc) is 2.66. The summed E-state index contributed by atoms with van der Waals surface area (Å²) in [7, 11) is 0. The van der Waals surface area contributed by atoms with E-state index in [0.717, 1.165) is 6.42 Å². The number of hydrogen-bond acceptors (Lipinski definition) is 3. The third kappa shape index (κ3) is 5.62. The molecule has 1 heterocycles. The minimum Gasteiger partial charge on any atom is -0.347 e. The van der Waals surface area contributed by atoms with Crippen molar-refractivity contribution in [2.24, 2.45) is 5.92 Å². The minimum atomic E-state index is -0.303. The van der Waals surface area contributed by atoms with Crippen LogP contribution in [0.2, 0.25) is 0 Å². The number of hydrogen-bond donors (Lipinski definition) is 2. The van der Waals surface area contributed by atoms with Crippen molar-refractivity contribution >= 4 is 23.4 Å². The monoisotopic (exact) mass is 355 g/mol.